The largest absolute Gasteiger partial charge is 0.308 e. The number of hydrogen-bond acceptors (Lipinski definition) is 2. The molecule has 1 fully saturated rings. The van der Waals surface area contributed by atoms with Crippen molar-refractivity contribution in [1.29, 1.82) is 0 Å². The molecule has 2 atom stereocenters. The zero-order valence-corrected chi connectivity index (χ0v) is 9.57. The van der Waals surface area contributed by atoms with Crippen LogP contribution in [0, 0.1) is 0 Å². The molecule has 2 heterocycles. The van der Waals surface area contributed by atoms with Gasteiger partial charge in [-0.3, -0.25) is 4.98 Å². The Kier molecular flexibility index (Phi) is 3.16. The Labute approximate surface area is 92.3 Å². The standard InChI is InChI=1S/C10H13IN2/c11-8-4-5-10(13-7-8)9-3-1-2-6-12-9/h1-3,6,8,10,13H,4-5,7H2. The third-order valence-corrected chi connectivity index (χ3v) is 3.46. The number of hydrogen-bond donors (Lipinski definition) is 1. The summed E-state index contributed by atoms with van der Waals surface area (Å²) in [6.45, 7) is 1.11. The molecule has 1 aromatic heterocycles. The van der Waals surface area contributed by atoms with Gasteiger partial charge in [-0.25, -0.2) is 0 Å². The molecule has 2 nitrogen and oxygen atoms in total. The Morgan fingerprint density at radius 2 is 2.31 bits per heavy atom. The Morgan fingerprint density at radius 3 is 2.92 bits per heavy atom. The molecule has 0 aromatic carbocycles. The van der Waals surface area contributed by atoms with Gasteiger partial charge in [0.1, 0.15) is 0 Å². The van der Waals surface area contributed by atoms with Crippen molar-refractivity contribution < 1.29 is 0 Å². The van der Waals surface area contributed by atoms with Crippen LogP contribution in [0.2, 0.25) is 0 Å². The van der Waals surface area contributed by atoms with E-state index in [1.807, 2.05) is 12.3 Å². The molecule has 1 N–H and O–H groups in total. The highest BCUT2D eigenvalue weighted by molar-refractivity contribution is 14.1. The molecule has 1 aliphatic rings. The molecule has 0 spiro atoms. The lowest BCUT2D eigenvalue weighted by molar-refractivity contribution is 0.420. The number of piperidine rings is 1. The van der Waals surface area contributed by atoms with Crippen LogP contribution in [0.1, 0.15) is 24.6 Å². The van der Waals surface area contributed by atoms with Crippen LogP contribution in [-0.2, 0) is 0 Å². The summed E-state index contributed by atoms with van der Waals surface area (Å²) in [4.78, 5) is 4.36. The van der Waals surface area contributed by atoms with Gasteiger partial charge < -0.3 is 5.32 Å². The van der Waals surface area contributed by atoms with Crippen LogP contribution in [0.3, 0.4) is 0 Å². The predicted molar refractivity (Wildman–Crippen MR) is 62.0 cm³/mol. The average Bonchev–Trinajstić information content (AvgIpc) is 2.20. The molecule has 0 bridgehead atoms. The quantitative estimate of drug-likeness (QED) is 0.633. The first-order valence-corrected chi connectivity index (χ1v) is 5.89. The SMILES string of the molecule is IC1CCC(c2ccccn2)NC1. The fraction of sp³-hybridized carbons (Fsp3) is 0.500. The first kappa shape index (κ1) is 9.40. The topological polar surface area (TPSA) is 24.9 Å². The third-order valence-electron chi connectivity index (χ3n) is 2.40. The van der Waals surface area contributed by atoms with E-state index in [-0.39, 0.29) is 0 Å². The average molecular weight is 288 g/mol. The summed E-state index contributed by atoms with van der Waals surface area (Å²) in [6.07, 6.45) is 4.38. The lowest BCUT2D eigenvalue weighted by atomic mass is 10.0. The molecule has 1 aromatic rings. The van der Waals surface area contributed by atoms with Crippen molar-refractivity contribution in [2.45, 2.75) is 22.8 Å². The van der Waals surface area contributed by atoms with Crippen molar-refractivity contribution in [2.24, 2.45) is 0 Å². The van der Waals surface area contributed by atoms with E-state index in [0.717, 1.165) is 10.5 Å². The molecule has 3 heteroatoms. The van der Waals surface area contributed by atoms with Crippen LogP contribution >= 0.6 is 22.6 Å². The van der Waals surface area contributed by atoms with E-state index < -0.39 is 0 Å². The zero-order valence-electron chi connectivity index (χ0n) is 7.41. The van der Waals surface area contributed by atoms with Gasteiger partial charge in [0.05, 0.1) is 5.69 Å². The Morgan fingerprint density at radius 1 is 1.38 bits per heavy atom. The van der Waals surface area contributed by atoms with Gasteiger partial charge in [0.25, 0.3) is 0 Å². The Balaban J connectivity index is 2.03. The minimum Gasteiger partial charge on any atom is -0.308 e. The number of halogens is 1. The first-order valence-electron chi connectivity index (χ1n) is 4.64. The van der Waals surface area contributed by atoms with Gasteiger partial charge in [-0.15, -0.1) is 0 Å². The summed E-state index contributed by atoms with van der Waals surface area (Å²) in [5.41, 5.74) is 1.19. The normalized spacial score (nSPS) is 28.7. The van der Waals surface area contributed by atoms with Crippen LogP contribution in [0.25, 0.3) is 0 Å². The maximum Gasteiger partial charge on any atom is 0.0573 e. The van der Waals surface area contributed by atoms with Crippen LogP contribution in [0.15, 0.2) is 24.4 Å². The van der Waals surface area contributed by atoms with Gasteiger partial charge in [0, 0.05) is 22.7 Å². The van der Waals surface area contributed by atoms with Crippen molar-refractivity contribution in [3.63, 3.8) is 0 Å². The summed E-state index contributed by atoms with van der Waals surface area (Å²) in [5, 5.41) is 3.52. The molecule has 0 saturated carbocycles. The number of rotatable bonds is 1. The van der Waals surface area contributed by atoms with Crippen molar-refractivity contribution >= 4 is 22.6 Å². The monoisotopic (exact) mass is 288 g/mol. The third kappa shape index (κ3) is 2.40. The van der Waals surface area contributed by atoms with Crippen LogP contribution in [0.4, 0.5) is 0 Å². The van der Waals surface area contributed by atoms with Gasteiger partial charge in [-0.05, 0) is 25.0 Å². The van der Waals surface area contributed by atoms with Crippen LogP contribution in [-0.4, -0.2) is 15.5 Å². The number of nitrogens with one attached hydrogen (secondary N) is 1. The predicted octanol–water partition coefficient (Wildman–Crippen LogP) is 2.31. The summed E-state index contributed by atoms with van der Waals surface area (Å²) in [7, 11) is 0. The van der Waals surface area contributed by atoms with Gasteiger partial charge in [-0.2, -0.15) is 0 Å². The maximum atomic E-state index is 4.36. The van der Waals surface area contributed by atoms with Crippen molar-refractivity contribution in [3.8, 4) is 0 Å². The fourth-order valence-electron chi connectivity index (χ4n) is 1.66. The van der Waals surface area contributed by atoms with Crippen LogP contribution in [0.5, 0.6) is 0 Å². The van der Waals surface area contributed by atoms with E-state index in [2.05, 4.69) is 45.0 Å². The van der Waals surface area contributed by atoms with Crippen molar-refractivity contribution in [1.82, 2.24) is 10.3 Å². The van der Waals surface area contributed by atoms with E-state index in [4.69, 9.17) is 0 Å². The molecular weight excluding hydrogens is 275 g/mol. The summed E-state index contributed by atoms with van der Waals surface area (Å²) in [5.74, 6) is 0. The maximum absolute atomic E-state index is 4.36. The van der Waals surface area contributed by atoms with E-state index in [1.165, 1.54) is 18.5 Å². The molecule has 0 amide bonds. The minimum absolute atomic E-state index is 0.479. The van der Waals surface area contributed by atoms with Crippen molar-refractivity contribution in [2.75, 3.05) is 6.54 Å². The molecule has 2 unspecified atom stereocenters. The second-order valence-electron chi connectivity index (χ2n) is 3.39. The second-order valence-corrected chi connectivity index (χ2v) is 5.15. The summed E-state index contributed by atoms with van der Waals surface area (Å²) >= 11 is 2.50. The van der Waals surface area contributed by atoms with E-state index in [0.29, 0.717) is 6.04 Å². The molecular formula is C10H13IN2. The molecule has 70 valence electrons. The minimum atomic E-state index is 0.479. The molecule has 0 aliphatic carbocycles. The van der Waals surface area contributed by atoms with E-state index in [1.54, 1.807) is 0 Å². The van der Waals surface area contributed by atoms with E-state index >= 15 is 0 Å². The highest BCUT2D eigenvalue weighted by atomic mass is 127. The molecule has 2 rings (SSSR count). The first-order chi connectivity index (χ1) is 6.36. The molecule has 13 heavy (non-hydrogen) atoms. The van der Waals surface area contributed by atoms with Gasteiger partial charge in [0.2, 0.25) is 0 Å². The number of pyridine rings is 1. The molecule has 0 radical (unpaired) electrons. The summed E-state index contributed by atoms with van der Waals surface area (Å²) in [6, 6.07) is 6.60. The summed E-state index contributed by atoms with van der Waals surface area (Å²) < 4.78 is 0.789. The number of aromatic nitrogens is 1. The number of nitrogens with zero attached hydrogens (tertiary/aromatic N) is 1. The smallest absolute Gasteiger partial charge is 0.0573 e. The number of alkyl halides is 1. The van der Waals surface area contributed by atoms with Crippen LogP contribution < -0.4 is 5.32 Å². The Hall–Kier alpha value is -0.160. The molecule has 1 aliphatic heterocycles. The van der Waals surface area contributed by atoms with Gasteiger partial charge in [-0.1, -0.05) is 28.7 Å². The zero-order chi connectivity index (χ0) is 9.10. The van der Waals surface area contributed by atoms with E-state index in [9.17, 15) is 0 Å². The second kappa shape index (κ2) is 4.37. The lowest BCUT2D eigenvalue weighted by Crippen LogP contribution is -2.33. The van der Waals surface area contributed by atoms with Gasteiger partial charge >= 0.3 is 0 Å². The molecule has 1 saturated heterocycles. The lowest BCUT2D eigenvalue weighted by Gasteiger charge is -2.26. The van der Waals surface area contributed by atoms with Crippen molar-refractivity contribution in [3.05, 3.63) is 30.1 Å². The highest BCUT2D eigenvalue weighted by Crippen LogP contribution is 2.24. The Bertz CT molecular complexity index is 255. The highest BCUT2D eigenvalue weighted by Gasteiger charge is 2.19. The van der Waals surface area contributed by atoms with Gasteiger partial charge in [0.15, 0.2) is 0 Å². The fourth-order valence-corrected chi connectivity index (χ4v) is 2.27.